The molecule has 1 atom stereocenters. The predicted molar refractivity (Wildman–Crippen MR) is 88.3 cm³/mol. The molecule has 0 unspecified atom stereocenters. The van der Waals surface area contributed by atoms with Crippen LogP contribution in [0.1, 0.15) is 37.8 Å². The highest BCUT2D eigenvalue weighted by atomic mass is 14.9. The number of nitrogens with one attached hydrogen (secondary N) is 1. The van der Waals surface area contributed by atoms with Gasteiger partial charge in [0.25, 0.3) is 0 Å². The Kier molecular flexibility index (Phi) is 5.23. The van der Waals surface area contributed by atoms with Crippen LogP contribution in [-0.2, 0) is 6.42 Å². The van der Waals surface area contributed by atoms with Crippen LogP contribution in [-0.4, -0.2) is 6.54 Å². The lowest BCUT2D eigenvalue weighted by molar-refractivity contribution is 0.647. The number of para-hydroxylation sites is 1. The molecule has 0 amide bonds. The average Bonchev–Trinajstić information content (AvgIpc) is 2.46. The zero-order valence-electron chi connectivity index (χ0n) is 12.8. The van der Waals surface area contributed by atoms with Gasteiger partial charge in [-0.25, -0.2) is 0 Å². The van der Waals surface area contributed by atoms with Crippen molar-refractivity contribution in [2.75, 3.05) is 11.9 Å². The summed E-state index contributed by atoms with van der Waals surface area (Å²) < 4.78 is 0. The van der Waals surface area contributed by atoms with E-state index in [4.69, 9.17) is 0 Å². The van der Waals surface area contributed by atoms with Crippen LogP contribution < -0.4 is 5.32 Å². The fourth-order valence-electron chi connectivity index (χ4n) is 2.40. The van der Waals surface area contributed by atoms with Crippen molar-refractivity contribution in [2.24, 2.45) is 5.92 Å². The minimum atomic E-state index is 0.517. The summed E-state index contributed by atoms with van der Waals surface area (Å²) in [4.78, 5) is 0. The first-order chi connectivity index (χ1) is 9.65. The molecule has 0 aliphatic rings. The van der Waals surface area contributed by atoms with Gasteiger partial charge in [0, 0.05) is 12.2 Å². The molecule has 0 bridgehead atoms. The molecule has 0 aliphatic heterocycles. The first-order valence-corrected chi connectivity index (χ1v) is 7.53. The van der Waals surface area contributed by atoms with Gasteiger partial charge in [0.1, 0.15) is 0 Å². The third-order valence-electron chi connectivity index (χ3n) is 3.58. The second kappa shape index (κ2) is 7.14. The van der Waals surface area contributed by atoms with Gasteiger partial charge in [0.05, 0.1) is 0 Å². The molecule has 0 fully saturated rings. The smallest absolute Gasteiger partial charge is 0.0340 e. The van der Waals surface area contributed by atoms with Crippen LogP contribution in [0.5, 0.6) is 0 Å². The van der Waals surface area contributed by atoms with Gasteiger partial charge in [-0.15, -0.1) is 0 Å². The maximum atomic E-state index is 3.49. The summed E-state index contributed by atoms with van der Waals surface area (Å²) in [6.07, 6.45) is 1.16. The summed E-state index contributed by atoms with van der Waals surface area (Å²) in [5.41, 5.74) is 4.03. The van der Waals surface area contributed by atoms with Gasteiger partial charge < -0.3 is 5.32 Å². The van der Waals surface area contributed by atoms with Crippen molar-refractivity contribution >= 4 is 5.69 Å². The number of anilines is 1. The molecular weight excluding hydrogens is 242 g/mol. The van der Waals surface area contributed by atoms with Gasteiger partial charge >= 0.3 is 0 Å². The Morgan fingerprint density at radius 2 is 1.50 bits per heavy atom. The summed E-state index contributed by atoms with van der Waals surface area (Å²) >= 11 is 0. The van der Waals surface area contributed by atoms with Crippen molar-refractivity contribution in [1.29, 1.82) is 0 Å². The second-order valence-electron chi connectivity index (χ2n) is 5.99. The van der Waals surface area contributed by atoms with Gasteiger partial charge in [0.2, 0.25) is 0 Å². The Bertz CT molecular complexity index is 499. The van der Waals surface area contributed by atoms with Crippen LogP contribution >= 0.6 is 0 Å². The van der Waals surface area contributed by atoms with E-state index >= 15 is 0 Å². The van der Waals surface area contributed by atoms with Crippen LogP contribution in [0.15, 0.2) is 54.6 Å². The molecule has 2 aromatic carbocycles. The number of hydrogen-bond acceptors (Lipinski definition) is 1. The molecule has 0 saturated heterocycles. The minimum absolute atomic E-state index is 0.517. The maximum Gasteiger partial charge on any atom is 0.0340 e. The van der Waals surface area contributed by atoms with E-state index in [2.05, 4.69) is 74.6 Å². The van der Waals surface area contributed by atoms with Crippen LogP contribution in [0.25, 0.3) is 0 Å². The number of rotatable bonds is 6. The molecule has 0 aromatic heterocycles. The minimum Gasteiger partial charge on any atom is -0.384 e. The van der Waals surface area contributed by atoms with E-state index in [-0.39, 0.29) is 0 Å². The van der Waals surface area contributed by atoms with E-state index in [1.54, 1.807) is 0 Å². The lowest BCUT2D eigenvalue weighted by Crippen LogP contribution is -2.09. The van der Waals surface area contributed by atoms with E-state index < -0.39 is 0 Å². The third-order valence-corrected chi connectivity index (χ3v) is 3.58. The summed E-state index contributed by atoms with van der Waals surface area (Å²) in [5, 5.41) is 3.49. The Balaban J connectivity index is 1.90. The monoisotopic (exact) mass is 267 g/mol. The van der Waals surface area contributed by atoms with Gasteiger partial charge in [-0.1, -0.05) is 63.2 Å². The molecule has 0 radical (unpaired) electrons. The lowest BCUT2D eigenvalue weighted by Gasteiger charge is -2.15. The quantitative estimate of drug-likeness (QED) is 0.767. The van der Waals surface area contributed by atoms with Crippen LogP contribution in [0.3, 0.4) is 0 Å². The average molecular weight is 267 g/mol. The first kappa shape index (κ1) is 14.6. The van der Waals surface area contributed by atoms with Gasteiger partial charge in [0.15, 0.2) is 0 Å². The molecule has 106 valence electrons. The topological polar surface area (TPSA) is 12.0 Å². The Morgan fingerprint density at radius 1 is 0.850 bits per heavy atom. The zero-order valence-corrected chi connectivity index (χ0v) is 12.8. The van der Waals surface area contributed by atoms with Crippen molar-refractivity contribution in [3.8, 4) is 0 Å². The Hall–Kier alpha value is -1.76. The van der Waals surface area contributed by atoms with E-state index in [1.165, 1.54) is 16.8 Å². The molecule has 1 nitrogen and oxygen atoms in total. The van der Waals surface area contributed by atoms with Gasteiger partial charge in [-0.3, -0.25) is 0 Å². The predicted octanol–water partition coefficient (Wildman–Crippen LogP) is 5.10. The Labute approximate surface area is 123 Å². The normalized spacial score (nSPS) is 12.4. The molecule has 0 heterocycles. The highest BCUT2D eigenvalue weighted by molar-refractivity contribution is 5.43. The molecule has 1 N–H and O–H groups in total. The van der Waals surface area contributed by atoms with E-state index in [0.29, 0.717) is 5.92 Å². The SMILES string of the molecule is CC(C)Cc1ccc([C@@H](C)CNc2ccccc2)cc1. The van der Waals surface area contributed by atoms with Crippen molar-refractivity contribution in [1.82, 2.24) is 0 Å². The van der Waals surface area contributed by atoms with Crippen LogP contribution in [0.4, 0.5) is 5.69 Å². The van der Waals surface area contributed by atoms with Crippen molar-refractivity contribution in [3.05, 3.63) is 65.7 Å². The van der Waals surface area contributed by atoms with Crippen molar-refractivity contribution in [3.63, 3.8) is 0 Å². The van der Waals surface area contributed by atoms with E-state index in [1.807, 2.05) is 6.07 Å². The fourth-order valence-corrected chi connectivity index (χ4v) is 2.40. The molecule has 0 aliphatic carbocycles. The molecule has 1 heteroatoms. The van der Waals surface area contributed by atoms with Gasteiger partial charge in [-0.2, -0.15) is 0 Å². The molecule has 2 rings (SSSR count). The zero-order chi connectivity index (χ0) is 14.4. The number of benzene rings is 2. The molecule has 0 saturated carbocycles. The fraction of sp³-hybridized carbons (Fsp3) is 0.368. The molecular formula is C19H25N. The molecule has 2 aromatic rings. The van der Waals surface area contributed by atoms with E-state index in [9.17, 15) is 0 Å². The van der Waals surface area contributed by atoms with Crippen molar-refractivity contribution in [2.45, 2.75) is 33.1 Å². The van der Waals surface area contributed by atoms with E-state index in [0.717, 1.165) is 18.9 Å². The largest absolute Gasteiger partial charge is 0.384 e. The molecule has 0 spiro atoms. The Morgan fingerprint density at radius 3 is 2.10 bits per heavy atom. The number of hydrogen-bond donors (Lipinski definition) is 1. The summed E-state index contributed by atoms with van der Waals surface area (Å²) in [6.45, 7) is 7.77. The second-order valence-corrected chi connectivity index (χ2v) is 5.99. The first-order valence-electron chi connectivity index (χ1n) is 7.53. The van der Waals surface area contributed by atoms with Crippen molar-refractivity contribution < 1.29 is 0 Å². The standard InChI is InChI=1S/C19H25N/c1-15(2)13-17-9-11-18(12-10-17)16(3)14-20-19-7-5-4-6-8-19/h4-12,15-16,20H,13-14H2,1-3H3/t16-/m0/s1. The molecule has 20 heavy (non-hydrogen) atoms. The summed E-state index contributed by atoms with van der Waals surface area (Å²) in [7, 11) is 0. The lowest BCUT2D eigenvalue weighted by atomic mass is 9.97. The highest BCUT2D eigenvalue weighted by Crippen LogP contribution is 2.18. The van der Waals surface area contributed by atoms with Crippen LogP contribution in [0, 0.1) is 5.92 Å². The summed E-state index contributed by atoms with van der Waals surface area (Å²) in [5.74, 6) is 1.24. The maximum absolute atomic E-state index is 3.49. The third kappa shape index (κ3) is 4.41. The van der Waals surface area contributed by atoms with Gasteiger partial charge in [-0.05, 0) is 41.5 Å². The van der Waals surface area contributed by atoms with Crippen LogP contribution in [0.2, 0.25) is 0 Å². The highest BCUT2D eigenvalue weighted by Gasteiger charge is 2.06. The summed E-state index contributed by atoms with van der Waals surface area (Å²) in [6, 6.07) is 19.5.